The molecule has 5 heteroatoms. The van der Waals surface area contributed by atoms with Gasteiger partial charge in [-0.15, -0.1) is 30.6 Å². The van der Waals surface area contributed by atoms with Gasteiger partial charge in [0.25, 0.3) is 0 Å². The summed E-state index contributed by atoms with van der Waals surface area (Å²) in [5.74, 6) is 0.827. The highest BCUT2D eigenvalue weighted by Crippen LogP contribution is 2.07. The van der Waals surface area contributed by atoms with E-state index in [4.69, 9.17) is 0 Å². The van der Waals surface area contributed by atoms with Crippen molar-refractivity contribution in [1.82, 2.24) is 15.5 Å². The van der Waals surface area contributed by atoms with Gasteiger partial charge in [-0.25, -0.2) is 0 Å². The van der Waals surface area contributed by atoms with Crippen LogP contribution in [0.15, 0.2) is 48.0 Å². The Morgan fingerprint density at radius 3 is 2.59 bits per heavy atom. The van der Waals surface area contributed by atoms with Crippen LogP contribution in [0, 0.1) is 0 Å². The Balaban J connectivity index is 0.00000441. The lowest BCUT2D eigenvalue weighted by atomic mass is 10.1. The number of nitrogens with zero attached hydrogens (tertiary/aromatic N) is 2. The second-order valence-corrected chi connectivity index (χ2v) is 5.21. The minimum atomic E-state index is 0. The third-order valence-corrected chi connectivity index (χ3v) is 3.52. The molecule has 124 valence electrons. The molecular weight excluding hydrogens is 387 g/mol. The summed E-state index contributed by atoms with van der Waals surface area (Å²) in [4.78, 5) is 6.54. The lowest BCUT2D eigenvalue weighted by Gasteiger charge is -2.25. The summed E-state index contributed by atoms with van der Waals surface area (Å²) in [6.45, 7) is 8.54. The maximum atomic E-state index is 4.17. The van der Waals surface area contributed by atoms with Gasteiger partial charge in [-0.05, 0) is 26.0 Å². The predicted molar refractivity (Wildman–Crippen MR) is 107 cm³/mol. The van der Waals surface area contributed by atoms with Crippen LogP contribution < -0.4 is 10.6 Å². The Labute approximate surface area is 152 Å². The summed E-state index contributed by atoms with van der Waals surface area (Å²) in [5.41, 5.74) is 1.35. The van der Waals surface area contributed by atoms with Crippen LogP contribution in [0.1, 0.15) is 18.9 Å². The quantitative estimate of drug-likeness (QED) is 0.296. The molecule has 4 nitrogen and oxygen atoms in total. The third-order valence-electron chi connectivity index (χ3n) is 3.52. The van der Waals surface area contributed by atoms with Crippen molar-refractivity contribution in [3.63, 3.8) is 0 Å². The van der Waals surface area contributed by atoms with E-state index in [0.29, 0.717) is 6.04 Å². The molecule has 0 heterocycles. The molecule has 1 aromatic carbocycles. The topological polar surface area (TPSA) is 39.7 Å². The van der Waals surface area contributed by atoms with Gasteiger partial charge in [0.1, 0.15) is 0 Å². The van der Waals surface area contributed by atoms with Crippen molar-refractivity contribution >= 4 is 29.9 Å². The smallest absolute Gasteiger partial charge is 0.191 e. The van der Waals surface area contributed by atoms with E-state index >= 15 is 0 Å². The standard InChI is InChI=1S/C17H28N4.HI/c1-5-12-19-17(18-3)20-13-11-15(2)21(4)14-16-9-7-6-8-10-16;/h5-10,15H,1,11-14H2,2-4H3,(H2,18,19,20);1H. The molecule has 1 rings (SSSR count). The van der Waals surface area contributed by atoms with E-state index in [1.54, 1.807) is 7.05 Å². The average Bonchev–Trinajstić information content (AvgIpc) is 2.51. The van der Waals surface area contributed by atoms with Crippen LogP contribution in [0.5, 0.6) is 0 Å². The Morgan fingerprint density at radius 1 is 1.32 bits per heavy atom. The summed E-state index contributed by atoms with van der Waals surface area (Å²) in [6.07, 6.45) is 2.89. The van der Waals surface area contributed by atoms with Gasteiger partial charge in [-0.3, -0.25) is 9.89 Å². The Bertz CT molecular complexity index is 434. The van der Waals surface area contributed by atoms with Gasteiger partial charge in [-0.2, -0.15) is 0 Å². The molecule has 2 N–H and O–H groups in total. The molecule has 0 amide bonds. The van der Waals surface area contributed by atoms with Crippen LogP contribution in [0.3, 0.4) is 0 Å². The molecule has 0 spiro atoms. The average molecular weight is 416 g/mol. The Morgan fingerprint density at radius 2 is 2.00 bits per heavy atom. The summed E-state index contributed by atoms with van der Waals surface area (Å²) in [6, 6.07) is 11.1. The van der Waals surface area contributed by atoms with Crippen LogP contribution in [-0.2, 0) is 6.54 Å². The molecule has 0 saturated heterocycles. The highest BCUT2D eigenvalue weighted by atomic mass is 127. The maximum Gasteiger partial charge on any atom is 0.191 e. The monoisotopic (exact) mass is 416 g/mol. The van der Waals surface area contributed by atoms with Crippen molar-refractivity contribution in [2.45, 2.75) is 25.9 Å². The molecule has 0 aliphatic rings. The Hall–Kier alpha value is -1.08. The molecule has 0 aromatic heterocycles. The maximum absolute atomic E-state index is 4.17. The summed E-state index contributed by atoms with van der Waals surface area (Å²) in [5, 5.41) is 6.49. The lowest BCUT2D eigenvalue weighted by Crippen LogP contribution is -2.40. The first-order valence-electron chi connectivity index (χ1n) is 7.47. The van der Waals surface area contributed by atoms with Crippen LogP contribution in [0.25, 0.3) is 0 Å². The second-order valence-electron chi connectivity index (χ2n) is 5.21. The first kappa shape index (κ1) is 20.9. The fourth-order valence-electron chi connectivity index (χ4n) is 2.04. The molecule has 1 atom stereocenters. The molecule has 0 bridgehead atoms. The van der Waals surface area contributed by atoms with Gasteiger partial charge in [0.2, 0.25) is 0 Å². The Kier molecular flexibility index (Phi) is 11.9. The summed E-state index contributed by atoms with van der Waals surface area (Å²) >= 11 is 0. The van der Waals surface area contributed by atoms with E-state index in [1.807, 2.05) is 6.08 Å². The zero-order valence-electron chi connectivity index (χ0n) is 13.9. The van der Waals surface area contributed by atoms with Gasteiger partial charge in [0, 0.05) is 32.7 Å². The van der Waals surface area contributed by atoms with Crippen LogP contribution in [0.2, 0.25) is 0 Å². The highest BCUT2D eigenvalue weighted by Gasteiger charge is 2.09. The molecule has 0 aliphatic carbocycles. The number of guanidine groups is 1. The van der Waals surface area contributed by atoms with Gasteiger partial charge in [0.05, 0.1) is 0 Å². The van der Waals surface area contributed by atoms with Crippen molar-refractivity contribution in [2.24, 2.45) is 4.99 Å². The minimum absolute atomic E-state index is 0. The number of halogens is 1. The number of benzene rings is 1. The van der Waals surface area contributed by atoms with Gasteiger partial charge >= 0.3 is 0 Å². The largest absolute Gasteiger partial charge is 0.356 e. The number of nitrogens with one attached hydrogen (secondary N) is 2. The highest BCUT2D eigenvalue weighted by molar-refractivity contribution is 14.0. The molecule has 22 heavy (non-hydrogen) atoms. The number of rotatable bonds is 8. The summed E-state index contributed by atoms with van der Waals surface area (Å²) in [7, 11) is 3.95. The molecule has 0 radical (unpaired) electrons. The molecule has 1 aromatic rings. The van der Waals surface area contributed by atoms with Crippen LogP contribution in [-0.4, -0.2) is 44.1 Å². The van der Waals surface area contributed by atoms with Crippen LogP contribution in [0.4, 0.5) is 0 Å². The second kappa shape index (κ2) is 12.5. The van der Waals surface area contributed by atoms with Crippen molar-refractivity contribution in [3.05, 3.63) is 48.6 Å². The van der Waals surface area contributed by atoms with E-state index in [9.17, 15) is 0 Å². The fourth-order valence-corrected chi connectivity index (χ4v) is 2.04. The SMILES string of the molecule is C=CCNC(=NC)NCCC(C)N(C)Cc1ccccc1.I. The van der Waals surface area contributed by atoms with Gasteiger partial charge in [0.15, 0.2) is 5.96 Å². The van der Waals surface area contributed by atoms with Crippen molar-refractivity contribution in [2.75, 3.05) is 27.2 Å². The van der Waals surface area contributed by atoms with Crippen molar-refractivity contribution in [3.8, 4) is 0 Å². The van der Waals surface area contributed by atoms with E-state index in [1.165, 1.54) is 5.56 Å². The van der Waals surface area contributed by atoms with Crippen molar-refractivity contribution < 1.29 is 0 Å². The molecule has 0 fully saturated rings. The number of aliphatic imine (C=N–C) groups is 1. The minimum Gasteiger partial charge on any atom is -0.356 e. The van der Waals surface area contributed by atoms with Gasteiger partial charge in [-0.1, -0.05) is 36.4 Å². The fraction of sp³-hybridized carbons (Fsp3) is 0.471. The normalized spacial score (nSPS) is 12.5. The van der Waals surface area contributed by atoms with Gasteiger partial charge < -0.3 is 10.6 Å². The lowest BCUT2D eigenvalue weighted by molar-refractivity contribution is 0.238. The summed E-state index contributed by atoms with van der Waals surface area (Å²) < 4.78 is 0. The number of hydrogen-bond donors (Lipinski definition) is 2. The molecule has 0 saturated carbocycles. The van der Waals surface area contributed by atoms with E-state index in [0.717, 1.165) is 32.0 Å². The van der Waals surface area contributed by atoms with E-state index in [2.05, 4.69) is 71.4 Å². The van der Waals surface area contributed by atoms with E-state index < -0.39 is 0 Å². The molecule has 1 unspecified atom stereocenters. The van der Waals surface area contributed by atoms with E-state index in [-0.39, 0.29) is 24.0 Å². The molecule has 0 aliphatic heterocycles. The third kappa shape index (κ3) is 8.38. The first-order valence-corrected chi connectivity index (χ1v) is 7.47. The zero-order valence-corrected chi connectivity index (χ0v) is 16.2. The van der Waals surface area contributed by atoms with Crippen molar-refractivity contribution in [1.29, 1.82) is 0 Å². The van der Waals surface area contributed by atoms with Crippen LogP contribution >= 0.6 is 24.0 Å². The predicted octanol–water partition coefficient (Wildman–Crippen LogP) is 2.87. The number of hydrogen-bond acceptors (Lipinski definition) is 2. The molecular formula is C17H29IN4. The first-order chi connectivity index (χ1) is 10.2. The zero-order chi connectivity index (χ0) is 15.5.